The van der Waals surface area contributed by atoms with Crippen LogP contribution in [0, 0.1) is 0 Å². The molecule has 0 aliphatic carbocycles. The average molecular weight is 464 g/mol. The maximum Gasteiger partial charge on any atom is 0.536 e. The van der Waals surface area contributed by atoms with E-state index in [-0.39, 0.29) is 0 Å². The predicted molar refractivity (Wildman–Crippen MR) is 118 cm³/mol. The number of alkyl halides is 1. The zero-order valence-corrected chi connectivity index (χ0v) is 20.4. The largest absolute Gasteiger partial charge is 0.536 e. The maximum atomic E-state index is 6.14. The molecule has 0 heterocycles. The van der Waals surface area contributed by atoms with Gasteiger partial charge in [0.15, 0.2) is 0 Å². The van der Waals surface area contributed by atoms with Crippen LogP contribution in [-0.4, -0.2) is 52.2 Å². The molecule has 0 saturated carbocycles. The molecule has 28 heavy (non-hydrogen) atoms. The Morgan fingerprint density at radius 2 is 1.18 bits per heavy atom. The first-order valence-corrected chi connectivity index (χ1v) is 13.9. The second kappa shape index (κ2) is 12.7. The molecule has 0 bridgehead atoms. The van der Waals surface area contributed by atoms with E-state index >= 15 is 0 Å². The second-order valence-corrected chi connectivity index (χ2v) is 13.1. The van der Waals surface area contributed by atoms with Gasteiger partial charge >= 0.3 is 16.7 Å². The van der Waals surface area contributed by atoms with Gasteiger partial charge in [-0.15, -0.1) is 11.6 Å². The Morgan fingerprint density at radius 1 is 0.679 bits per heavy atom. The standard InChI is InChI=1S/C10H15ClO3Si.C9H13ClO2Si/c1-12-15(13-2,14-3)10-6-4-9(8-11)5-7-10;1-11-13(10,12-2)8-9-6-4-3-5-7-9/h4-7H,8H2,1-3H3;3-7H,8H2,1-2H3. The molecule has 0 fully saturated rings. The van der Waals surface area contributed by atoms with Gasteiger partial charge in [-0.2, -0.15) is 0 Å². The molecule has 0 atom stereocenters. The van der Waals surface area contributed by atoms with Crippen molar-refractivity contribution < 1.29 is 22.1 Å². The van der Waals surface area contributed by atoms with Gasteiger partial charge in [-0.3, -0.25) is 0 Å². The Labute approximate surface area is 179 Å². The lowest BCUT2D eigenvalue weighted by Crippen LogP contribution is -2.54. The van der Waals surface area contributed by atoms with Crippen molar-refractivity contribution in [1.82, 2.24) is 0 Å². The molecule has 0 saturated heterocycles. The van der Waals surface area contributed by atoms with E-state index in [1.807, 2.05) is 54.6 Å². The highest BCUT2D eigenvalue weighted by Crippen LogP contribution is 2.17. The first kappa shape index (κ1) is 25.3. The molecule has 2 aromatic carbocycles. The van der Waals surface area contributed by atoms with Gasteiger partial charge in [0.2, 0.25) is 0 Å². The summed E-state index contributed by atoms with van der Waals surface area (Å²) in [6.45, 7) is 0. The van der Waals surface area contributed by atoms with Gasteiger partial charge in [-0.25, -0.2) is 0 Å². The van der Waals surface area contributed by atoms with Crippen LogP contribution in [0.2, 0.25) is 0 Å². The van der Waals surface area contributed by atoms with E-state index in [9.17, 15) is 0 Å². The van der Waals surface area contributed by atoms with E-state index in [1.165, 1.54) is 0 Å². The SMILES string of the molecule is CO[Si](Cl)(Cc1ccccc1)OC.CO[Si](OC)(OC)c1ccc(CCl)cc1. The molecular formula is C19H28Cl2O5Si2. The quantitative estimate of drug-likeness (QED) is 0.322. The molecule has 0 spiro atoms. The first-order valence-electron chi connectivity index (χ1n) is 8.56. The summed E-state index contributed by atoms with van der Waals surface area (Å²) in [6.07, 6.45) is 0. The van der Waals surface area contributed by atoms with Crippen molar-refractivity contribution in [3.8, 4) is 0 Å². The first-order chi connectivity index (χ1) is 13.4. The van der Waals surface area contributed by atoms with Crippen molar-refractivity contribution in [2.75, 3.05) is 35.5 Å². The Kier molecular flexibility index (Phi) is 11.5. The van der Waals surface area contributed by atoms with E-state index in [0.29, 0.717) is 11.9 Å². The molecule has 0 N–H and O–H groups in total. The molecule has 0 aromatic heterocycles. The topological polar surface area (TPSA) is 46.2 Å². The van der Waals surface area contributed by atoms with Gasteiger partial charge < -0.3 is 22.1 Å². The Balaban J connectivity index is 0.000000283. The number of hydrogen-bond donors (Lipinski definition) is 0. The van der Waals surface area contributed by atoms with Gasteiger partial charge in [0, 0.05) is 52.7 Å². The molecule has 2 rings (SSSR count). The Hall–Kier alpha value is -0.746. The summed E-state index contributed by atoms with van der Waals surface area (Å²) in [4.78, 5) is 0. The fourth-order valence-corrected chi connectivity index (χ4v) is 6.07. The van der Waals surface area contributed by atoms with Crippen molar-refractivity contribution in [3.05, 3.63) is 65.7 Å². The van der Waals surface area contributed by atoms with Crippen LogP contribution in [0.4, 0.5) is 0 Å². The summed E-state index contributed by atoms with van der Waals surface area (Å²) in [5.41, 5.74) is 2.21. The lowest BCUT2D eigenvalue weighted by molar-refractivity contribution is 0.140. The van der Waals surface area contributed by atoms with Crippen LogP contribution in [0.3, 0.4) is 0 Å². The fraction of sp³-hybridized carbons (Fsp3) is 0.368. The highest BCUT2D eigenvalue weighted by Gasteiger charge is 2.40. The van der Waals surface area contributed by atoms with Crippen LogP contribution < -0.4 is 5.19 Å². The fourth-order valence-electron chi connectivity index (χ4n) is 2.47. The third kappa shape index (κ3) is 7.25. The predicted octanol–water partition coefficient (Wildman–Crippen LogP) is 3.75. The maximum absolute atomic E-state index is 6.14. The van der Waals surface area contributed by atoms with Gasteiger partial charge in [-0.05, 0) is 11.1 Å². The van der Waals surface area contributed by atoms with Crippen LogP contribution in [0.15, 0.2) is 54.6 Å². The Bertz CT molecular complexity index is 658. The van der Waals surface area contributed by atoms with E-state index < -0.39 is 16.7 Å². The van der Waals surface area contributed by atoms with Crippen molar-refractivity contribution >= 4 is 44.5 Å². The monoisotopic (exact) mass is 462 g/mol. The minimum absolute atomic E-state index is 0.502. The third-order valence-corrected chi connectivity index (χ3v) is 10.5. The summed E-state index contributed by atoms with van der Waals surface area (Å²) in [5, 5.41) is 0.934. The lowest BCUT2D eigenvalue weighted by atomic mass is 10.2. The number of rotatable bonds is 9. The Morgan fingerprint density at radius 3 is 1.57 bits per heavy atom. The van der Waals surface area contributed by atoms with Crippen LogP contribution in [0.1, 0.15) is 11.1 Å². The molecule has 156 valence electrons. The molecule has 0 amide bonds. The summed E-state index contributed by atoms with van der Waals surface area (Å²) in [5.74, 6) is 0.502. The van der Waals surface area contributed by atoms with E-state index in [2.05, 4.69) is 0 Å². The van der Waals surface area contributed by atoms with E-state index in [4.69, 9.17) is 44.8 Å². The highest BCUT2D eigenvalue weighted by molar-refractivity contribution is 7.12. The zero-order chi connectivity index (χ0) is 21.0. The van der Waals surface area contributed by atoms with Crippen molar-refractivity contribution in [2.45, 2.75) is 11.9 Å². The molecule has 0 aliphatic heterocycles. The lowest BCUT2D eigenvalue weighted by Gasteiger charge is -2.24. The van der Waals surface area contributed by atoms with E-state index in [0.717, 1.165) is 16.3 Å². The highest BCUT2D eigenvalue weighted by atomic mass is 35.6. The minimum atomic E-state index is -2.67. The van der Waals surface area contributed by atoms with Crippen molar-refractivity contribution in [2.24, 2.45) is 0 Å². The summed E-state index contributed by atoms with van der Waals surface area (Å²) < 4.78 is 26.4. The normalized spacial score (nSPS) is 11.7. The second-order valence-electron chi connectivity index (χ2n) is 5.73. The zero-order valence-electron chi connectivity index (χ0n) is 16.9. The molecule has 5 nitrogen and oxygen atoms in total. The van der Waals surface area contributed by atoms with Crippen LogP contribution in [0.25, 0.3) is 0 Å². The smallest absolute Gasteiger partial charge is 0.386 e. The summed E-state index contributed by atoms with van der Waals surface area (Å²) in [7, 11) is 2.82. The van der Waals surface area contributed by atoms with Crippen LogP contribution in [0.5, 0.6) is 0 Å². The average Bonchev–Trinajstić information content (AvgIpc) is 2.77. The minimum Gasteiger partial charge on any atom is -0.386 e. The third-order valence-electron chi connectivity index (χ3n) is 4.14. The molecular weight excluding hydrogens is 435 g/mol. The van der Waals surface area contributed by atoms with Gasteiger partial charge in [0.1, 0.15) is 0 Å². The number of hydrogen-bond acceptors (Lipinski definition) is 5. The number of halogens is 2. The summed E-state index contributed by atoms with van der Waals surface area (Å²) >= 11 is 11.8. The molecule has 0 radical (unpaired) electrons. The summed E-state index contributed by atoms with van der Waals surface area (Å²) in [6, 6.07) is 18.4. The number of benzene rings is 2. The molecule has 2 aromatic rings. The van der Waals surface area contributed by atoms with E-state index in [1.54, 1.807) is 35.5 Å². The van der Waals surface area contributed by atoms with Crippen molar-refractivity contribution in [1.29, 1.82) is 0 Å². The van der Waals surface area contributed by atoms with Gasteiger partial charge in [-0.1, -0.05) is 65.7 Å². The van der Waals surface area contributed by atoms with Crippen LogP contribution in [-0.2, 0) is 34.1 Å². The molecule has 9 heteroatoms. The molecule has 0 unspecified atom stereocenters. The van der Waals surface area contributed by atoms with Crippen molar-refractivity contribution in [3.63, 3.8) is 0 Å². The molecule has 0 aliphatic rings. The van der Waals surface area contributed by atoms with Gasteiger partial charge in [0.05, 0.1) is 0 Å². The van der Waals surface area contributed by atoms with Gasteiger partial charge in [0.25, 0.3) is 0 Å². The van der Waals surface area contributed by atoms with Crippen LogP contribution >= 0.6 is 22.7 Å².